The van der Waals surface area contributed by atoms with Crippen molar-refractivity contribution in [2.45, 2.75) is 45.0 Å². The Morgan fingerprint density at radius 1 is 1.30 bits per heavy atom. The number of carbonyl (C=O) groups is 1. The van der Waals surface area contributed by atoms with E-state index in [1.54, 1.807) is 18.4 Å². The lowest BCUT2D eigenvalue weighted by Crippen LogP contribution is -2.13. The van der Waals surface area contributed by atoms with Crippen molar-refractivity contribution in [2.75, 3.05) is 6.61 Å². The van der Waals surface area contributed by atoms with Crippen LogP contribution >= 0.6 is 23.1 Å². The fraction of sp³-hybridized carbons (Fsp3) is 0.368. The Kier molecular flexibility index (Phi) is 5.33. The van der Waals surface area contributed by atoms with Gasteiger partial charge in [0.1, 0.15) is 15.5 Å². The highest BCUT2D eigenvalue weighted by Gasteiger charge is 2.22. The maximum atomic E-state index is 12.7. The molecule has 4 rings (SSSR count). The number of rotatable bonds is 5. The van der Waals surface area contributed by atoms with Crippen molar-refractivity contribution in [2.24, 2.45) is 0 Å². The van der Waals surface area contributed by atoms with Gasteiger partial charge in [0.05, 0.1) is 17.2 Å². The minimum absolute atomic E-state index is 0.214. The number of aromatic amines is 1. The normalized spacial score (nSPS) is 12.6. The zero-order valence-electron chi connectivity index (χ0n) is 17.1. The molecule has 0 aliphatic rings. The van der Waals surface area contributed by atoms with E-state index in [4.69, 9.17) is 4.74 Å². The first-order valence-corrected chi connectivity index (χ1v) is 11.1. The fourth-order valence-electron chi connectivity index (χ4n) is 3.16. The third kappa shape index (κ3) is 3.58. The van der Waals surface area contributed by atoms with Crippen LogP contribution in [0.2, 0.25) is 0 Å². The van der Waals surface area contributed by atoms with Crippen molar-refractivity contribution in [3.8, 4) is 0 Å². The molecule has 11 heteroatoms. The summed E-state index contributed by atoms with van der Waals surface area (Å²) in [6, 6.07) is 1.94. The van der Waals surface area contributed by atoms with Gasteiger partial charge in [-0.3, -0.25) is 4.79 Å². The standard InChI is InChI=1S/C19H20N6O3S2/c1-6-28-17(27)13-10(4)12-15(26)21-14(22-16(12)30-13)11(5)29-19-23-18-20-8(2)7-9(3)25(18)24-19/h7,11H,6H2,1-5H3,(H,21,22,26)/t11-/m1/s1. The van der Waals surface area contributed by atoms with Crippen LogP contribution in [-0.4, -0.2) is 42.1 Å². The number of aromatic nitrogens is 6. The SMILES string of the molecule is CCOC(=O)c1sc2nc([C@@H](C)Sc3nc4nc(C)cc(C)n4n3)[nH]c(=O)c2c1C. The molecule has 156 valence electrons. The number of hydrogen-bond donors (Lipinski definition) is 1. The van der Waals surface area contributed by atoms with E-state index in [-0.39, 0.29) is 17.4 Å². The summed E-state index contributed by atoms with van der Waals surface area (Å²) in [7, 11) is 0. The molecular weight excluding hydrogens is 424 g/mol. The number of nitrogens with one attached hydrogen (secondary N) is 1. The molecule has 4 aromatic rings. The number of ether oxygens (including phenoxy) is 1. The van der Waals surface area contributed by atoms with Gasteiger partial charge in [-0.05, 0) is 46.2 Å². The van der Waals surface area contributed by atoms with Crippen LogP contribution in [0.4, 0.5) is 0 Å². The van der Waals surface area contributed by atoms with Gasteiger partial charge in [0.15, 0.2) is 0 Å². The molecule has 0 aliphatic heterocycles. The summed E-state index contributed by atoms with van der Waals surface area (Å²) in [6.45, 7) is 9.52. The summed E-state index contributed by atoms with van der Waals surface area (Å²) in [6.07, 6.45) is 0. The highest BCUT2D eigenvalue weighted by atomic mass is 32.2. The minimum atomic E-state index is -0.437. The topological polar surface area (TPSA) is 115 Å². The van der Waals surface area contributed by atoms with E-state index in [2.05, 4.69) is 25.0 Å². The Morgan fingerprint density at radius 2 is 2.07 bits per heavy atom. The number of fused-ring (bicyclic) bond motifs is 2. The molecule has 0 amide bonds. The first kappa shape index (κ1) is 20.5. The van der Waals surface area contributed by atoms with Gasteiger partial charge in [0.25, 0.3) is 11.3 Å². The van der Waals surface area contributed by atoms with Crippen molar-refractivity contribution < 1.29 is 9.53 Å². The molecule has 9 nitrogen and oxygen atoms in total. The molecule has 4 heterocycles. The van der Waals surface area contributed by atoms with Gasteiger partial charge in [-0.25, -0.2) is 19.3 Å². The van der Waals surface area contributed by atoms with Crippen LogP contribution in [-0.2, 0) is 4.74 Å². The maximum Gasteiger partial charge on any atom is 0.348 e. The number of aryl methyl sites for hydroxylation is 3. The molecule has 0 spiro atoms. The van der Waals surface area contributed by atoms with Crippen LogP contribution < -0.4 is 5.56 Å². The molecule has 1 N–H and O–H groups in total. The summed E-state index contributed by atoms with van der Waals surface area (Å²) in [4.78, 5) is 42.1. The molecule has 4 aromatic heterocycles. The number of H-pyrrole nitrogens is 1. The number of thiophene rings is 1. The second kappa shape index (κ2) is 7.80. The Morgan fingerprint density at radius 3 is 2.80 bits per heavy atom. The molecule has 1 atom stereocenters. The smallest absolute Gasteiger partial charge is 0.348 e. The van der Waals surface area contributed by atoms with Crippen molar-refractivity contribution >= 4 is 45.1 Å². The Labute approximate surface area is 179 Å². The molecule has 0 unspecified atom stereocenters. The highest BCUT2D eigenvalue weighted by molar-refractivity contribution is 7.99. The van der Waals surface area contributed by atoms with Crippen LogP contribution in [0.5, 0.6) is 0 Å². The second-order valence-corrected chi connectivity index (χ2v) is 9.12. The van der Waals surface area contributed by atoms with E-state index in [9.17, 15) is 9.59 Å². The van der Waals surface area contributed by atoms with Crippen molar-refractivity contribution in [1.29, 1.82) is 0 Å². The first-order valence-electron chi connectivity index (χ1n) is 9.36. The molecule has 0 aromatic carbocycles. The summed E-state index contributed by atoms with van der Waals surface area (Å²) in [5, 5.41) is 5.24. The zero-order chi connectivity index (χ0) is 21.6. The molecule has 0 saturated carbocycles. The van der Waals surface area contributed by atoms with Gasteiger partial charge in [-0.1, -0.05) is 11.8 Å². The number of esters is 1. The molecule has 0 fully saturated rings. The largest absolute Gasteiger partial charge is 0.462 e. The van der Waals surface area contributed by atoms with Gasteiger partial charge in [0, 0.05) is 11.4 Å². The van der Waals surface area contributed by atoms with Gasteiger partial charge in [-0.15, -0.1) is 16.4 Å². The molecule has 0 aliphatic carbocycles. The zero-order valence-corrected chi connectivity index (χ0v) is 18.8. The highest BCUT2D eigenvalue weighted by Crippen LogP contribution is 2.33. The predicted molar refractivity (Wildman–Crippen MR) is 115 cm³/mol. The predicted octanol–water partition coefficient (Wildman–Crippen LogP) is 3.38. The average Bonchev–Trinajstić information content (AvgIpc) is 3.23. The Balaban J connectivity index is 1.68. The number of hydrogen-bond acceptors (Lipinski definition) is 9. The van der Waals surface area contributed by atoms with Gasteiger partial charge in [0.2, 0.25) is 5.16 Å². The van der Waals surface area contributed by atoms with E-state index in [0.29, 0.717) is 37.4 Å². The van der Waals surface area contributed by atoms with Gasteiger partial charge < -0.3 is 9.72 Å². The quantitative estimate of drug-likeness (QED) is 0.368. The van der Waals surface area contributed by atoms with Crippen molar-refractivity contribution in [3.05, 3.63) is 44.1 Å². The van der Waals surface area contributed by atoms with E-state index in [1.807, 2.05) is 26.8 Å². The third-order valence-electron chi connectivity index (χ3n) is 4.55. The van der Waals surface area contributed by atoms with Crippen LogP contribution in [0.1, 0.15) is 51.5 Å². The number of nitrogens with zero attached hydrogens (tertiary/aromatic N) is 5. The lowest BCUT2D eigenvalue weighted by Gasteiger charge is -2.07. The van der Waals surface area contributed by atoms with Crippen molar-refractivity contribution in [3.63, 3.8) is 0 Å². The van der Waals surface area contributed by atoms with Crippen molar-refractivity contribution in [1.82, 2.24) is 29.5 Å². The lowest BCUT2D eigenvalue weighted by molar-refractivity contribution is 0.0531. The summed E-state index contributed by atoms with van der Waals surface area (Å²) in [5.74, 6) is 0.592. The Bertz CT molecular complexity index is 1340. The van der Waals surface area contributed by atoms with Crippen LogP contribution in [0, 0.1) is 20.8 Å². The molecule has 0 saturated heterocycles. The summed E-state index contributed by atoms with van der Waals surface area (Å²) in [5.41, 5.74) is 2.13. The van der Waals surface area contributed by atoms with E-state index in [1.165, 1.54) is 23.1 Å². The van der Waals surface area contributed by atoms with Crippen LogP contribution in [0.25, 0.3) is 16.0 Å². The second-order valence-electron chi connectivity index (χ2n) is 6.81. The van der Waals surface area contributed by atoms with Gasteiger partial charge in [-0.2, -0.15) is 4.98 Å². The average molecular weight is 445 g/mol. The summed E-state index contributed by atoms with van der Waals surface area (Å²) >= 11 is 2.55. The third-order valence-corrected chi connectivity index (χ3v) is 6.67. The summed E-state index contributed by atoms with van der Waals surface area (Å²) < 4.78 is 6.77. The molecule has 0 bridgehead atoms. The molecule has 0 radical (unpaired) electrons. The van der Waals surface area contributed by atoms with E-state index < -0.39 is 5.97 Å². The molecule has 30 heavy (non-hydrogen) atoms. The first-order chi connectivity index (χ1) is 14.3. The maximum absolute atomic E-state index is 12.7. The number of thioether (sulfide) groups is 1. The fourth-order valence-corrected chi connectivity index (χ4v) is 5.04. The Hall–Kier alpha value is -2.79. The van der Waals surface area contributed by atoms with Crippen LogP contribution in [0.3, 0.4) is 0 Å². The number of carbonyl (C=O) groups excluding carboxylic acids is 1. The van der Waals surface area contributed by atoms with Gasteiger partial charge >= 0.3 is 5.97 Å². The van der Waals surface area contributed by atoms with Crippen LogP contribution in [0.15, 0.2) is 16.0 Å². The van der Waals surface area contributed by atoms with E-state index >= 15 is 0 Å². The molecular formula is C19H20N6O3S2. The van der Waals surface area contributed by atoms with E-state index in [0.717, 1.165) is 11.4 Å². The minimum Gasteiger partial charge on any atom is -0.462 e. The lowest BCUT2D eigenvalue weighted by atomic mass is 10.2. The monoisotopic (exact) mass is 444 g/mol.